The van der Waals surface area contributed by atoms with Gasteiger partial charge in [-0.25, -0.2) is 0 Å². The van der Waals surface area contributed by atoms with Crippen LogP contribution in [0.25, 0.3) is 0 Å². The Bertz CT molecular complexity index is 394. The minimum atomic E-state index is -0.152. The molecule has 0 aromatic carbocycles. The number of carbonyl (C=O) groups is 1. The lowest BCUT2D eigenvalue weighted by atomic mass is 10.1. The molecule has 1 atom stereocenters. The molecular formula is C9H10BrN3O. The largest absolute Gasteiger partial charge is 0.360 e. The standard InChI is InChI=1S/C9H10BrN3O/c1-5-9(14)12-7-4-11-3-6(10)8(7)13(5)2/h3-5H,1-2H3,(H,12,14). The Morgan fingerprint density at radius 1 is 1.57 bits per heavy atom. The van der Waals surface area contributed by atoms with Crippen LogP contribution < -0.4 is 10.2 Å². The van der Waals surface area contributed by atoms with Crippen molar-refractivity contribution >= 4 is 33.2 Å². The second-order valence-corrected chi connectivity index (χ2v) is 4.15. The predicted molar refractivity (Wildman–Crippen MR) is 58.4 cm³/mol. The number of rotatable bonds is 0. The van der Waals surface area contributed by atoms with Gasteiger partial charge in [0.05, 0.1) is 22.0 Å². The SMILES string of the molecule is CC1C(=O)Nc2cncc(Br)c2N1C. The van der Waals surface area contributed by atoms with Crippen LogP contribution in [-0.4, -0.2) is 24.0 Å². The van der Waals surface area contributed by atoms with Crippen molar-refractivity contribution in [1.82, 2.24) is 4.98 Å². The molecule has 0 aliphatic carbocycles. The van der Waals surface area contributed by atoms with Gasteiger partial charge in [-0.1, -0.05) is 0 Å². The van der Waals surface area contributed by atoms with Crippen molar-refractivity contribution in [2.24, 2.45) is 0 Å². The van der Waals surface area contributed by atoms with Crippen LogP contribution in [0.2, 0.25) is 0 Å². The zero-order valence-electron chi connectivity index (χ0n) is 7.91. The topological polar surface area (TPSA) is 45.2 Å². The van der Waals surface area contributed by atoms with Gasteiger partial charge in [-0.2, -0.15) is 0 Å². The van der Waals surface area contributed by atoms with Gasteiger partial charge in [-0.05, 0) is 22.9 Å². The minimum Gasteiger partial charge on any atom is -0.360 e. The van der Waals surface area contributed by atoms with E-state index in [1.54, 1.807) is 12.4 Å². The first-order chi connectivity index (χ1) is 6.61. The molecule has 2 heterocycles. The number of hydrogen-bond donors (Lipinski definition) is 1. The van der Waals surface area contributed by atoms with Crippen LogP contribution in [0.3, 0.4) is 0 Å². The van der Waals surface area contributed by atoms with Gasteiger partial charge in [-0.15, -0.1) is 0 Å². The molecule has 0 bridgehead atoms. The summed E-state index contributed by atoms with van der Waals surface area (Å²) < 4.78 is 0.893. The molecular weight excluding hydrogens is 246 g/mol. The summed E-state index contributed by atoms with van der Waals surface area (Å²) in [6.07, 6.45) is 3.37. The number of hydrogen-bond acceptors (Lipinski definition) is 3. The van der Waals surface area contributed by atoms with Gasteiger partial charge in [0.25, 0.3) is 0 Å². The molecule has 1 unspecified atom stereocenters. The number of carbonyl (C=O) groups excluding carboxylic acids is 1. The van der Waals surface area contributed by atoms with E-state index in [0.29, 0.717) is 0 Å². The van der Waals surface area contributed by atoms with Crippen LogP contribution in [0.4, 0.5) is 11.4 Å². The highest BCUT2D eigenvalue weighted by atomic mass is 79.9. The van der Waals surface area contributed by atoms with Crippen LogP contribution in [0.1, 0.15) is 6.92 Å². The Morgan fingerprint density at radius 2 is 2.29 bits per heavy atom. The minimum absolute atomic E-state index is 0.0000926. The fraction of sp³-hybridized carbons (Fsp3) is 0.333. The maximum Gasteiger partial charge on any atom is 0.246 e. The van der Waals surface area contributed by atoms with E-state index in [-0.39, 0.29) is 11.9 Å². The lowest BCUT2D eigenvalue weighted by Gasteiger charge is -2.33. The number of anilines is 2. The lowest BCUT2D eigenvalue weighted by Crippen LogP contribution is -2.44. The molecule has 1 amide bonds. The van der Waals surface area contributed by atoms with E-state index in [4.69, 9.17) is 0 Å². The highest BCUT2D eigenvalue weighted by Crippen LogP contribution is 2.36. The molecule has 0 saturated carbocycles. The lowest BCUT2D eigenvalue weighted by molar-refractivity contribution is -0.117. The van der Waals surface area contributed by atoms with E-state index in [9.17, 15) is 4.79 Å². The number of aromatic nitrogens is 1. The molecule has 2 rings (SSSR count). The Morgan fingerprint density at radius 3 is 3.00 bits per heavy atom. The number of nitrogens with one attached hydrogen (secondary N) is 1. The number of pyridine rings is 1. The summed E-state index contributed by atoms with van der Waals surface area (Å²) in [6, 6.07) is -0.152. The second kappa shape index (κ2) is 3.24. The third-order valence-corrected chi connectivity index (χ3v) is 3.02. The predicted octanol–water partition coefficient (Wildman–Crippen LogP) is 1.62. The summed E-state index contributed by atoms with van der Waals surface area (Å²) in [6.45, 7) is 1.87. The van der Waals surface area contributed by atoms with Gasteiger partial charge in [-0.3, -0.25) is 9.78 Å². The van der Waals surface area contributed by atoms with Gasteiger partial charge in [0.2, 0.25) is 5.91 Å². The first kappa shape index (κ1) is 9.45. The summed E-state index contributed by atoms with van der Waals surface area (Å²) >= 11 is 3.41. The zero-order chi connectivity index (χ0) is 10.3. The van der Waals surface area contributed by atoms with Gasteiger partial charge >= 0.3 is 0 Å². The van der Waals surface area contributed by atoms with E-state index >= 15 is 0 Å². The molecule has 14 heavy (non-hydrogen) atoms. The maximum absolute atomic E-state index is 11.5. The normalized spacial score (nSPS) is 20.4. The highest BCUT2D eigenvalue weighted by molar-refractivity contribution is 9.10. The molecule has 0 saturated heterocycles. The van der Waals surface area contributed by atoms with Crippen molar-refractivity contribution in [3.8, 4) is 0 Å². The molecule has 1 aliphatic rings. The van der Waals surface area contributed by atoms with Crippen molar-refractivity contribution in [3.05, 3.63) is 16.9 Å². The molecule has 1 aromatic rings. The molecule has 1 aliphatic heterocycles. The average molecular weight is 256 g/mol. The summed E-state index contributed by atoms with van der Waals surface area (Å²) in [5.74, 6) is -0.0000926. The van der Waals surface area contributed by atoms with E-state index in [1.807, 2.05) is 18.9 Å². The van der Waals surface area contributed by atoms with E-state index in [0.717, 1.165) is 15.8 Å². The average Bonchev–Trinajstić information content (AvgIpc) is 2.14. The number of amides is 1. The Kier molecular flexibility index (Phi) is 2.19. The van der Waals surface area contributed by atoms with Crippen molar-refractivity contribution in [1.29, 1.82) is 0 Å². The van der Waals surface area contributed by atoms with Crippen molar-refractivity contribution < 1.29 is 4.79 Å². The molecule has 5 heteroatoms. The zero-order valence-corrected chi connectivity index (χ0v) is 9.50. The van der Waals surface area contributed by atoms with Crippen LogP contribution in [-0.2, 0) is 4.79 Å². The van der Waals surface area contributed by atoms with Crippen molar-refractivity contribution in [2.75, 3.05) is 17.3 Å². The van der Waals surface area contributed by atoms with E-state index < -0.39 is 0 Å². The number of likely N-dealkylation sites (N-methyl/N-ethyl adjacent to an activating group) is 1. The molecule has 0 radical (unpaired) electrons. The van der Waals surface area contributed by atoms with Gasteiger partial charge in [0.1, 0.15) is 6.04 Å². The Balaban J connectivity index is 2.56. The summed E-state index contributed by atoms with van der Waals surface area (Å²) in [5.41, 5.74) is 1.73. The van der Waals surface area contributed by atoms with Gasteiger partial charge in [0.15, 0.2) is 0 Å². The van der Waals surface area contributed by atoms with Crippen molar-refractivity contribution in [2.45, 2.75) is 13.0 Å². The Labute approximate surface area is 90.4 Å². The quantitative estimate of drug-likeness (QED) is 0.767. The molecule has 4 nitrogen and oxygen atoms in total. The molecule has 1 aromatic heterocycles. The fourth-order valence-electron chi connectivity index (χ4n) is 1.48. The smallest absolute Gasteiger partial charge is 0.246 e. The molecule has 74 valence electrons. The number of halogens is 1. The Hall–Kier alpha value is -1.10. The van der Waals surface area contributed by atoms with Gasteiger partial charge in [0, 0.05) is 13.2 Å². The summed E-state index contributed by atoms with van der Waals surface area (Å²) in [5, 5.41) is 2.81. The first-order valence-electron chi connectivity index (χ1n) is 4.28. The van der Waals surface area contributed by atoms with Gasteiger partial charge < -0.3 is 10.2 Å². The summed E-state index contributed by atoms with van der Waals surface area (Å²) in [4.78, 5) is 17.4. The molecule has 0 fully saturated rings. The summed E-state index contributed by atoms with van der Waals surface area (Å²) in [7, 11) is 1.90. The third-order valence-electron chi connectivity index (χ3n) is 2.44. The second-order valence-electron chi connectivity index (χ2n) is 3.29. The third kappa shape index (κ3) is 1.28. The monoisotopic (exact) mass is 255 g/mol. The highest BCUT2D eigenvalue weighted by Gasteiger charge is 2.28. The van der Waals surface area contributed by atoms with Crippen molar-refractivity contribution in [3.63, 3.8) is 0 Å². The maximum atomic E-state index is 11.5. The first-order valence-corrected chi connectivity index (χ1v) is 5.07. The number of nitrogens with zero attached hydrogens (tertiary/aromatic N) is 2. The molecule has 0 spiro atoms. The number of fused-ring (bicyclic) bond motifs is 1. The van der Waals surface area contributed by atoms with Crippen LogP contribution >= 0.6 is 15.9 Å². The molecule has 1 N–H and O–H groups in total. The van der Waals surface area contributed by atoms with E-state index in [2.05, 4.69) is 26.2 Å². The fourth-order valence-corrected chi connectivity index (χ4v) is 2.10. The van der Waals surface area contributed by atoms with E-state index in [1.165, 1.54) is 0 Å². The van der Waals surface area contributed by atoms with Crippen LogP contribution in [0.15, 0.2) is 16.9 Å². The van der Waals surface area contributed by atoms with Crippen LogP contribution in [0, 0.1) is 0 Å². The van der Waals surface area contributed by atoms with Crippen LogP contribution in [0.5, 0.6) is 0 Å².